The Bertz CT molecular complexity index is 430. The van der Waals surface area contributed by atoms with Gasteiger partial charge in [-0.25, -0.2) is 0 Å². The molecule has 0 atom stereocenters. The Morgan fingerprint density at radius 2 is 2.00 bits per heavy atom. The van der Waals surface area contributed by atoms with E-state index in [1.165, 1.54) is 30.5 Å². The average molecular weight is 275 g/mol. The summed E-state index contributed by atoms with van der Waals surface area (Å²) in [7, 11) is 0. The standard InChI is InChI=1S/C17H29N3/c1-5-8-18-12-15-13-19-14(2)11-16(15)20-9-6-17(3,4)7-10-20/h11,13,18H,5-10,12H2,1-4H3. The lowest BCUT2D eigenvalue weighted by Crippen LogP contribution is -2.38. The number of aryl methyl sites for hydroxylation is 1. The molecule has 2 heterocycles. The highest BCUT2D eigenvalue weighted by Crippen LogP contribution is 2.33. The van der Waals surface area contributed by atoms with E-state index in [2.05, 4.69) is 49.0 Å². The van der Waals surface area contributed by atoms with Crippen LogP contribution < -0.4 is 10.2 Å². The number of nitrogens with zero attached hydrogens (tertiary/aromatic N) is 2. The van der Waals surface area contributed by atoms with Crippen LogP contribution in [-0.2, 0) is 6.54 Å². The van der Waals surface area contributed by atoms with Crippen molar-refractivity contribution in [3.63, 3.8) is 0 Å². The first-order valence-corrected chi connectivity index (χ1v) is 7.93. The van der Waals surface area contributed by atoms with E-state index in [9.17, 15) is 0 Å². The van der Waals surface area contributed by atoms with Gasteiger partial charge in [0.25, 0.3) is 0 Å². The van der Waals surface area contributed by atoms with Crippen LogP contribution in [0.5, 0.6) is 0 Å². The van der Waals surface area contributed by atoms with Gasteiger partial charge in [-0.05, 0) is 44.2 Å². The van der Waals surface area contributed by atoms with Gasteiger partial charge in [0.2, 0.25) is 0 Å². The molecule has 0 spiro atoms. The summed E-state index contributed by atoms with van der Waals surface area (Å²) >= 11 is 0. The SMILES string of the molecule is CCCNCc1cnc(C)cc1N1CCC(C)(C)CC1. The molecule has 20 heavy (non-hydrogen) atoms. The Morgan fingerprint density at radius 1 is 1.30 bits per heavy atom. The molecule has 1 N–H and O–H groups in total. The first-order valence-electron chi connectivity index (χ1n) is 7.93. The molecule has 112 valence electrons. The van der Waals surface area contributed by atoms with Crippen molar-refractivity contribution in [2.75, 3.05) is 24.5 Å². The summed E-state index contributed by atoms with van der Waals surface area (Å²) in [5, 5.41) is 3.50. The van der Waals surface area contributed by atoms with Crippen LogP contribution in [0.2, 0.25) is 0 Å². The molecule has 1 aliphatic rings. The monoisotopic (exact) mass is 275 g/mol. The molecular weight excluding hydrogens is 246 g/mol. The molecule has 0 radical (unpaired) electrons. The highest BCUT2D eigenvalue weighted by atomic mass is 15.1. The normalized spacial score (nSPS) is 18.3. The molecule has 0 aromatic carbocycles. The number of aromatic nitrogens is 1. The third-order valence-electron chi connectivity index (χ3n) is 4.30. The van der Waals surface area contributed by atoms with Crippen molar-refractivity contribution in [1.82, 2.24) is 10.3 Å². The average Bonchev–Trinajstić information content (AvgIpc) is 2.41. The van der Waals surface area contributed by atoms with Gasteiger partial charge in [0, 0.05) is 42.8 Å². The van der Waals surface area contributed by atoms with Gasteiger partial charge in [-0.3, -0.25) is 4.98 Å². The lowest BCUT2D eigenvalue weighted by Gasteiger charge is -2.39. The number of pyridine rings is 1. The highest BCUT2D eigenvalue weighted by molar-refractivity contribution is 5.54. The van der Waals surface area contributed by atoms with E-state index in [0.717, 1.165) is 31.9 Å². The Kier molecular flexibility index (Phi) is 5.03. The number of hydrogen-bond donors (Lipinski definition) is 1. The fourth-order valence-corrected chi connectivity index (χ4v) is 2.76. The smallest absolute Gasteiger partial charge is 0.0445 e. The van der Waals surface area contributed by atoms with Crippen LogP contribution in [-0.4, -0.2) is 24.6 Å². The fraction of sp³-hybridized carbons (Fsp3) is 0.706. The van der Waals surface area contributed by atoms with E-state index in [4.69, 9.17) is 0 Å². The molecule has 0 unspecified atom stereocenters. The van der Waals surface area contributed by atoms with Gasteiger partial charge in [-0.15, -0.1) is 0 Å². The van der Waals surface area contributed by atoms with E-state index in [-0.39, 0.29) is 0 Å². The van der Waals surface area contributed by atoms with Crippen LogP contribution in [0.4, 0.5) is 5.69 Å². The number of piperidine rings is 1. The van der Waals surface area contributed by atoms with E-state index in [0.29, 0.717) is 5.41 Å². The molecule has 1 aromatic rings. The summed E-state index contributed by atoms with van der Waals surface area (Å²) in [4.78, 5) is 7.02. The molecule has 0 aliphatic carbocycles. The van der Waals surface area contributed by atoms with Crippen LogP contribution in [0, 0.1) is 12.3 Å². The van der Waals surface area contributed by atoms with Gasteiger partial charge >= 0.3 is 0 Å². The van der Waals surface area contributed by atoms with Crippen LogP contribution >= 0.6 is 0 Å². The Balaban J connectivity index is 2.11. The van der Waals surface area contributed by atoms with Crippen molar-refractivity contribution in [2.24, 2.45) is 5.41 Å². The zero-order chi connectivity index (χ0) is 14.6. The third-order valence-corrected chi connectivity index (χ3v) is 4.30. The van der Waals surface area contributed by atoms with Crippen molar-refractivity contribution < 1.29 is 0 Å². The molecule has 1 aromatic heterocycles. The lowest BCUT2D eigenvalue weighted by molar-refractivity contribution is 0.279. The highest BCUT2D eigenvalue weighted by Gasteiger charge is 2.26. The minimum Gasteiger partial charge on any atom is -0.371 e. The second kappa shape index (κ2) is 6.57. The maximum Gasteiger partial charge on any atom is 0.0445 e. The third kappa shape index (κ3) is 3.95. The number of hydrogen-bond acceptors (Lipinski definition) is 3. The van der Waals surface area contributed by atoms with Gasteiger partial charge in [0.15, 0.2) is 0 Å². The van der Waals surface area contributed by atoms with Crippen molar-refractivity contribution in [3.05, 3.63) is 23.5 Å². The topological polar surface area (TPSA) is 28.2 Å². The number of anilines is 1. The lowest BCUT2D eigenvalue weighted by atomic mass is 9.82. The molecule has 0 amide bonds. The Morgan fingerprint density at radius 3 is 2.65 bits per heavy atom. The van der Waals surface area contributed by atoms with Gasteiger partial charge in [0.1, 0.15) is 0 Å². The van der Waals surface area contributed by atoms with Crippen molar-refractivity contribution in [2.45, 2.75) is 53.5 Å². The van der Waals surface area contributed by atoms with Gasteiger partial charge in [-0.2, -0.15) is 0 Å². The molecule has 2 rings (SSSR count). The predicted octanol–water partition coefficient (Wildman–Crippen LogP) is 3.52. The maximum atomic E-state index is 4.48. The summed E-state index contributed by atoms with van der Waals surface area (Å²) < 4.78 is 0. The molecule has 1 saturated heterocycles. The van der Waals surface area contributed by atoms with E-state index >= 15 is 0 Å². The summed E-state index contributed by atoms with van der Waals surface area (Å²) in [5.74, 6) is 0. The minimum absolute atomic E-state index is 0.499. The van der Waals surface area contributed by atoms with Crippen LogP contribution in [0.25, 0.3) is 0 Å². The first-order chi connectivity index (χ1) is 9.52. The van der Waals surface area contributed by atoms with Gasteiger partial charge in [-0.1, -0.05) is 20.8 Å². The number of rotatable bonds is 5. The zero-order valence-electron chi connectivity index (χ0n) is 13.5. The van der Waals surface area contributed by atoms with E-state index < -0.39 is 0 Å². The number of nitrogens with one attached hydrogen (secondary N) is 1. The minimum atomic E-state index is 0.499. The summed E-state index contributed by atoms with van der Waals surface area (Å²) in [6.45, 7) is 13.4. The predicted molar refractivity (Wildman–Crippen MR) is 86.2 cm³/mol. The molecular formula is C17H29N3. The summed E-state index contributed by atoms with van der Waals surface area (Å²) in [6, 6.07) is 2.25. The molecule has 0 bridgehead atoms. The van der Waals surface area contributed by atoms with Crippen molar-refractivity contribution >= 4 is 5.69 Å². The quantitative estimate of drug-likeness (QED) is 0.833. The zero-order valence-corrected chi connectivity index (χ0v) is 13.5. The van der Waals surface area contributed by atoms with Crippen molar-refractivity contribution in [1.29, 1.82) is 0 Å². The summed E-state index contributed by atoms with van der Waals surface area (Å²) in [6.07, 6.45) is 5.77. The molecule has 3 nitrogen and oxygen atoms in total. The Labute approximate surface area is 123 Å². The molecule has 1 fully saturated rings. The van der Waals surface area contributed by atoms with Crippen molar-refractivity contribution in [3.8, 4) is 0 Å². The van der Waals surface area contributed by atoms with Gasteiger partial charge in [0.05, 0.1) is 0 Å². The second-order valence-electron chi connectivity index (χ2n) is 6.78. The maximum absolute atomic E-state index is 4.48. The fourth-order valence-electron chi connectivity index (χ4n) is 2.76. The molecule has 3 heteroatoms. The van der Waals surface area contributed by atoms with Crippen LogP contribution in [0.15, 0.2) is 12.3 Å². The van der Waals surface area contributed by atoms with E-state index in [1.807, 2.05) is 6.20 Å². The van der Waals surface area contributed by atoms with Crippen LogP contribution in [0.3, 0.4) is 0 Å². The first kappa shape index (κ1) is 15.3. The summed E-state index contributed by atoms with van der Waals surface area (Å²) in [5.41, 5.74) is 4.34. The largest absolute Gasteiger partial charge is 0.371 e. The van der Waals surface area contributed by atoms with E-state index in [1.54, 1.807) is 0 Å². The Hall–Kier alpha value is -1.09. The van der Waals surface area contributed by atoms with Gasteiger partial charge < -0.3 is 10.2 Å². The molecule has 1 aliphatic heterocycles. The van der Waals surface area contributed by atoms with Crippen LogP contribution in [0.1, 0.15) is 51.3 Å². The molecule has 0 saturated carbocycles. The second-order valence-corrected chi connectivity index (χ2v) is 6.78.